The molecule has 1 heterocycles. The van der Waals surface area contributed by atoms with E-state index in [0.717, 1.165) is 25.8 Å². The van der Waals surface area contributed by atoms with Gasteiger partial charge in [0.15, 0.2) is 0 Å². The minimum atomic E-state index is -0.778. The van der Waals surface area contributed by atoms with Gasteiger partial charge in [0.2, 0.25) is 0 Å². The van der Waals surface area contributed by atoms with Crippen molar-refractivity contribution in [2.45, 2.75) is 39.2 Å². The van der Waals surface area contributed by atoms with E-state index in [9.17, 15) is 4.79 Å². The lowest BCUT2D eigenvalue weighted by atomic mass is 9.90. The maximum absolute atomic E-state index is 11.1. The van der Waals surface area contributed by atoms with Gasteiger partial charge in [0.05, 0.1) is 16.4 Å². The first-order chi connectivity index (χ1) is 7.34. The number of nitrogens with two attached hydrogens (primary N) is 1. The molecule has 0 aromatic heterocycles. The molecule has 1 aliphatic rings. The van der Waals surface area contributed by atoms with Crippen molar-refractivity contribution in [3.8, 4) is 0 Å². The number of thiocarbonyl (C=S) groups is 1. The molecule has 0 saturated carbocycles. The molecule has 0 aliphatic carbocycles. The third-order valence-corrected chi connectivity index (χ3v) is 3.39. The van der Waals surface area contributed by atoms with E-state index in [-0.39, 0.29) is 6.04 Å². The summed E-state index contributed by atoms with van der Waals surface area (Å²) in [7, 11) is 0. The van der Waals surface area contributed by atoms with Crippen LogP contribution in [0.5, 0.6) is 0 Å². The van der Waals surface area contributed by atoms with Gasteiger partial charge in [-0.3, -0.25) is 9.69 Å². The number of hydrogen-bond donors (Lipinski definition) is 2. The SMILES string of the molecule is CC(C)(CN1CCCCC1C(N)=S)C(=O)O. The van der Waals surface area contributed by atoms with Crippen LogP contribution in [0, 0.1) is 5.41 Å². The molecule has 0 spiro atoms. The zero-order valence-electron chi connectivity index (χ0n) is 9.90. The number of carboxylic acids is 1. The lowest BCUT2D eigenvalue weighted by molar-refractivity contribution is -0.148. The van der Waals surface area contributed by atoms with Crippen molar-refractivity contribution < 1.29 is 9.90 Å². The van der Waals surface area contributed by atoms with E-state index < -0.39 is 11.4 Å². The molecule has 1 aliphatic heterocycles. The minimum absolute atomic E-state index is 0.0716. The summed E-state index contributed by atoms with van der Waals surface area (Å²) >= 11 is 5.04. The molecule has 1 saturated heterocycles. The first-order valence-electron chi connectivity index (χ1n) is 5.61. The zero-order chi connectivity index (χ0) is 12.3. The van der Waals surface area contributed by atoms with Crippen molar-refractivity contribution >= 4 is 23.2 Å². The molecule has 0 radical (unpaired) electrons. The van der Waals surface area contributed by atoms with Crippen molar-refractivity contribution in [2.75, 3.05) is 13.1 Å². The Hall–Kier alpha value is -0.680. The molecule has 3 N–H and O–H groups in total. The average Bonchev–Trinajstić information content (AvgIpc) is 2.17. The molecule has 92 valence electrons. The monoisotopic (exact) mass is 244 g/mol. The predicted molar refractivity (Wildman–Crippen MR) is 67.4 cm³/mol. The Kier molecular flexibility index (Phi) is 4.27. The van der Waals surface area contributed by atoms with E-state index in [2.05, 4.69) is 4.90 Å². The second kappa shape index (κ2) is 5.10. The number of likely N-dealkylation sites (tertiary alicyclic amines) is 1. The Bertz CT molecular complexity index is 292. The van der Waals surface area contributed by atoms with Gasteiger partial charge in [-0.25, -0.2) is 0 Å². The van der Waals surface area contributed by atoms with Crippen molar-refractivity contribution in [1.82, 2.24) is 4.90 Å². The fourth-order valence-electron chi connectivity index (χ4n) is 2.08. The lowest BCUT2D eigenvalue weighted by Crippen LogP contribution is -2.51. The summed E-state index contributed by atoms with van der Waals surface area (Å²) in [5.41, 5.74) is 4.95. The normalized spacial score (nSPS) is 23.0. The smallest absolute Gasteiger partial charge is 0.310 e. The summed E-state index contributed by atoms with van der Waals surface area (Å²) in [5.74, 6) is -0.778. The summed E-state index contributed by atoms with van der Waals surface area (Å²) < 4.78 is 0. The molecule has 1 rings (SSSR count). The van der Waals surface area contributed by atoms with Gasteiger partial charge in [0.1, 0.15) is 0 Å². The number of carbonyl (C=O) groups is 1. The Morgan fingerprint density at radius 1 is 1.56 bits per heavy atom. The predicted octanol–water partition coefficient (Wildman–Crippen LogP) is 1.24. The molecule has 1 atom stereocenters. The highest BCUT2D eigenvalue weighted by atomic mass is 32.1. The number of rotatable bonds is 4. The second-order valence-electron chi connectivity index (χ2n) is 5.07. The van der Waals surface area contributed by atoms with Crippen LogP contribution in [-0.2, 0) is 4.79 Å². The van der Waals surface area contributed by atoms with Crippen LogP contribution in [-0.4, -0.2) is 40.1 Å². The molecule has 16 heavy (non-hydrogen) atoms. The van der Waals surface area contributed by atoms with Crippen molar-refractivity contribution in [3.63, 3.8) is 0 Å². The van der Waals surface area contributed by atoms with Crippen LogP contribution in [0.1, 0.15) is 33.1 Å². The number of aliphatic carboxylic acids is 1. The molecule has 5 heteroatoms. The highest BCUT2D eigenvalue weighted by Gasteiger charge is 2.34. The van der Waals surface area contributed by atoms with Gasteiger partial charge in [0.25, 0.3) is 0 Å². The van der Waals surface area contributed by atoms with Crippen LogP contribution in [0.2, 0.25) is 0 Å². The Labute approximate surface area is 102 Å². The molecular formula is C11H20N2O2S. The van der Waals surface area contributed by atoms with Gasteiger partial charge in [-0.15, -0.1) is 0 Å². The number of nitrogens with zero attached hydrogens (tertiary/aromatic N) is 1. The molecule has 1 unspecified atom stereocenters. The molecule has 0 amide bonds. The standard InChI is InChI=1S/C11H20N2O2S/c1-11(2,10(14)15)7-13-6-4-3-5-8(13)9(12)16/h8H,3-7H2,1-2H3,(H2,12,16)(H,14,15). The summed E-state index contributed by atoms with van der Waals surface area (Å²) in [4.78, 5) is 13.7. The third-order valence-electron chi connectivity index (χ3n) is 3.12. The van der Waals surface area contributed by atoms with E-state index in [1.165, 1.54) is 0 Å². The van der Waals surface area contributed by atoms with Crippen LogP contribution in [0.3, 0.4) is 0 Å². The first kappa shape index (κ1) is 13.4. The Morgan fingerprint density at radius 3 is 2.69 bits per heavy atom. The number of carboxylic acid groups (broad SMARTS) is 1. The van der Waals surface area contributed by atoms with Gasteiger partial charge in [0, 0.05) is 6.54 Å². The van der Waals surface area contributed by atoms with Crippen LogP contribution >= 0.6 is 12.2 Å². The first-order valence-corrected chi connectivity index (χ1v) is 6.02. The van der Waals surface area contributed by atoms with Gasteiger partial charge < -0.3 is 10.8 Å². The molecule has 0 aromatic carbocycles. The highest BCUT2D eigenvalue weighted by Crippen LogP contribution is 2.24. The third kappa shape index (κ3) is 3.15. The zero-order valence-corrected chi connectivity index (χ0v) is 10.7. The van der Waals surface area contributed by atoms with E-state index >= 15 is 0 Å². The van der Waals surface area contributed by atoms with Crippen molar-refractivity contribution in [2.24, 2.45) is 11.1 Å². The second-order valence-corrected chi connectivity index (χ2v) is 5.54. The minimum Gasteiger partial charge on any atom is -0.481 e. The van der Waals surface area contributed by atoms with Crippen LogP contribution in [0.4, 0.5) is 0 Å². The summed E-state index contributed by atoms with van der Waals surface area (Å²) in [6, 6.07) is 0.0716. The molecule has 0 bridgehead atoms. The van der Waals surface area contributed by atoms with Gasteiger partial charge >= 0.3 is 5.97 Å². The van der Waals surface area contributed by atoms with Crippen LogP contribution in [0.25, 0.3) is 0 Å². The topological polar surface area (TPSA) is 66.6 Å². The summed E-state index contributed by atoms with van der Waals surface area (Å²) in [6.07, 6.45) is 3.16. The van der Waals surface area contributed by atoms with Crippen molar-refractivity contribution in [3.05, 3.63) is 0 Å². The van der Waals surface area contributed by atoms with E-state index in [1.54, 1.807) is 13.8 Å². The summed E-state index contributed by atoms with van der Waals surface area (Å²) in [5, 5.41) is 9.11. The maximum Gasteiger partial charge on any atom is 0.310 e. The molecule has 4 nitrogen and oxygen atoms in total. The highest BCUT2D eigenvalue weighted by molar-refractivity contribution is 7.80. The Balaban J connectivity index is 2.70. The van der Waals surface area contributed by atoms with E-state index in [1.807, 2.05) is 0 Å². The van der Waals surface area contributed by atoms with E-state index in [4.69, 9.17) is 23.1 Å². The molecular weight excluding hydrogens is 224 g/mol. The van der Waals surface area contributed by atoms with Crippen LogP contribution in [0.15, 0.2) is 0 Å². The van der Waals surface area contributed by atoms with Gasteiger partial charge in [-0.2, -0.15) is 0 Å². The van der Waals surface area contributed by atoms with Gasteiger partial charge in [-0.1, -0.05) is 18.6 Å². The molecule has 0 aromatic rings. The summed E-state index contributed by atoms with van der Waals surface area (Å²) in [6.45, 7) is 4.87. The number of hydrogen-bond acceptors (Lipinski definition) is 3. The van der Waals surface area contributed by atoms with Crippen molar-refractivity contribution in [1.29, 1.82) is 0 Å². The van der Waals surface area contributed by atoms with E-state index in [0.29, 0.717) is 11.5 Å². The largest absolute Gasteiger partial charge is 0.481 e. The fraction of sp³-hybridized carbons (Fsp3) is 0.818. The average molecular weight is 244 g/mol. The van der Waals surface area contributed by atoms with Gasteiger partial charge in [-0.05, 0) is 33.2 Å². The quantitative estimate of drug-likeness (QED) is 0.728. The maximum atomic E-state index is 11.1. The van der Waals surface area contributed by atoms with Crippen LogP contribution < -0.4 is 5.73 Å². The molecule has 1 fully saturated rings. The number of piperidine rings is 1. The lowest BCUT2D eigenvalue weighted by Gasteiger charge is -2.38. The fourth-order valence-corrected chi connectivity index (χ4v) is 2.34. The Morgan fingerprint density at radius 2 is 2.19 bits per heavy atom.